The van der Waals surface area contributed by atoms with Gasteiger partial charge in [0.05, 0.1) is 0 Å². The summed E-state index contributed by atoms with van der Waals surface area (Å²) in [4.78, 5) is 15.7. The van der Waals surface area contributed by atoms with Crippen LogP contribution in [0.25, 0.3) is 0 Å². The molecule has 0 aromatic heterocycles. The Hall–Kier alpha value is -1.51. The van der Waals surface area contributed by atoms with Crippen LogP contribution in [-0.4, -0.2) is 38.0 Å². The Labute approximate surface area is 97.7 Å². The van der Waals surface area contributed by atoms with Crippen molar-refractivity contribution in [1.29, 1.82) is 0 Å². The summed E-state index contributed by atoms with van der Waals surface area (Å²) in [5.41, 5.74) is 1.81. The predicted molar refractivity (Wildman–Crippen MR) is 67.7 cm³/mol. The van der Waals surface area contributed by atoms with Gasteiger partial charge in [0, 0.05) is 38.4 Å². The van der Waals surface area contributed by atoms with E-state index < -0.39 is 0 Å². The van der Waals surface area contributed by atoms with Crippen LogP contribution < -0.4 is 4.90 Å². The molecule has 3 nitrogen and oxygen atoms in total. The van der Waals surface area contributed by atoms with Crippen LogP contribution in [0.3, 0.4) is 0 Å². The molecule has 0 fully saturated rings. The molecular weight excluding hydrogens is 200 g/mol. The first-order chi connectivity index (χ1) is 7.60. The van der Waals surface area contributed by atoms with Crippen molar-refractivity contribution in [2.24, 2.45) is 0 Å². The second-order valence-corrected chi connectivity index (χ2v) is 3.83. The molecule has 16 heavy (non-hydrogen) atoms. The van der Waals surface area contributed by atoms with E-state index in [4.69, 9.17) is 0 Å². The van der Waals surface area contributed by atoms with Gasteiger partial charge >= 0.3 is 0 Å². The highest BCUT2D eigenvalue weighted by atomic mass is 16.2. The van der Waals surface area contributed by atoms with E-state index in [9.17, 15) is 4.79 Å². The minimum Gasteiger partial charge on any atom is -0.378 e. The first-order valence-corrected chi connectivity index (χ1v) is 5.46. The maximum Gasteiger partial charge on any atom is 0.253 e. The summed E-state index contributed by atoms with van der Waals surface area (Å²) in [6, 6.07) is 7.61. The van der Waals surface area contributed by atoms with Gasteiger partial charge in [0.2, 0.25) is 0 Å². The summed E-state index contributed by atoms with van der Waals surface area (Å²) < 4.78 is 0. The standard InChI is InChI=1S/C13H19N2O/c1-5-15(6-2)13(16)11-7-9-12(10-8-11)14(3)4/h7-10H,1,5-6H2,2-4H3. The van der Waals surface area contributed by atoms with Gasteiger partial charge in [-0.25, -0.2) is 0 Å². The van der Waals surface area contributed by atoms with Gasteiger partial charge in [-0.1, -0.05) is 0 Å². The summed E-state index contributed by atoms with van der Waals surface area (Å²) in [5.74, 6) is 0.0443. The van der Waals surface area contributed by atoms with Crippen molar-refractivity contribution < 1.29 is 4.79 Å². The predicted octanol–water partition coefficient (Wildman–Crippen LogP) is 2.05. The average Bonchev–Trinajstić information content (AvgIpc) is 2.30. The number of amides is 1. The number of hydrogen-bond donors (Lipinski definition) is 0. The minimum absolute atomic E-state index is 0.0443. The second kappa shape index (κ2) is 5.54. The molecule has 0 saturated carbocycles. The highest BCUT2D eigenvalue weighted by Crippen LogP contribution is 2.13. The molecule has 3 heteroatoms. The molecule has 0 saturated heterocycles. The molecular formula is C13H19N2O. The lowest BCUT2D eigenvalue weighted by Crippen LogP contribution is -2.30. The van der Waals surface area contributed by atoms with Gasteiger partial charge in [0.1, 0.15) is 0 Å². The number of nitrogens with zero attached hydrogens (tertiary/aromatic N) is 2. The third-order valence-electron chi connectivity index (χ3n) is 2.57. The van der Waals surface area contributed by atoms with Crippen LogP contribution in [0.15, 0.2) is 24.3 Å². The Morgan fingerprint density at radius 2 is 1.81 bits per heavy atom. The first-order valence-electron chi connectivity index (χ1n) is 5.46. The molecule has 1 aromatic carbocycles. The van der Waals surface area contributed by atoms with Crippen LogP contribution in [0, 0.1) is 6.92 Å². The number of benzene rings is 1. The molecule has 0 atom stereocenters. The third kappa shape index (κ3) is 2.75. The zero-order valence-corrected chi connectivity index (χ0v) is 10.2. The molecule has 0 spiro atoms. The molecule has 0 N–H and O–H groups in total. The summed E-state index contributed by atoms with van der Waals surface area (Å²) in [6.45, 7) is 6.90. The average molecular weight is 219 g/mol. The van der Waals surface area contributed by atoms with Crippen LogP contribution in [0.5, 0.6) is 0 Å². The number of carbonyl (C=O) groups is 1. The van der Waals surface area contributed by atoms with Gasteiger partial charge < -0.3 is 9.80 Å². The van der Waals surface area contributed by atoms with Crippen molar-refractivity contribution in [1.82, 2.24) is 4.90 Å². The summed E-state index contributed by atoms with van der Waals surface area (Å²) in [5, 5.41) is 0. The highest BCUT2D eigenvalue weighted by Gasteiger charge is 2.11. The number of anilines is 1. The molecule has 0 aliphatic rings. The molecule has 1 amide bonds. The van der Waals surface area contributed by atoms with Crippen molar-refractivity contribution >= 4 is 11.6 Å². The number of rotatable bonds is 4. The van der Waals surface area contributed by atoms with E-state index in [1.54, 1.807) is 4.90 Å². The van der Waals surface area contributed by atoms with Gasteiger partial charge in [0.25, 0.3) is 5.91 Å². The summed E-state index contributed by atoms with van der Waals surface area (Å²) in [7, 11) is 3.95. The summed E-state index contributed by atoms with van der Waals surface area (Å²) in [6.07, 6.45) is 0. The zero-order valence-electron chi connectivity index (χ0n) is 10.2. The number of carbonyl (C=O) groups excluding carboxylic acids is 1. The van der Waals surface area contributed by atoms with Crippen molar-refractivity contribution in [3.05, 3.63) is 36.8 Å². The van der Waals surface area contributed by atoms with Gasteiger partial charge in [-0.05, 0) is 38.1 Å². The Bertz CT molecular complexity index is 339. The molecule has 0 heterocycles. The van der Waals surface area contributed by atoms with Crippen LogP contribution in [-0.2, 0) is 0 Å². The lowest BCUT2D eigenvalue weighted by Gasteiger charge is -2.19. The van der Waals surface area contributed by atoms with E-state index in [0.29, 0.717) is 13.1 Å². The van der Waals surface area contributed by atoms with E-state index in [1.165, 1.54) is 0 Å². The summed E-state index contributed by atoms with van der Waals surface area (Å²) >= 11 is 0. The van der Waals surface area contributed by atoms with E-state index in [1.807, 2.05) is 50.2 Å². The van der Waals surface area contributed by atoms with Gasteiger partial charge in [-0.3, -0.25) is 4.79 Å². The van der Waals surface area contributed by atoms with Gasteiger partial charge in [0.15, 0.2) is 0 Å². The minimum atomic E-state index is 0.0443. The van der Waals surface area contributed by atoms with Gasteiger partial charge in [-0.15, -0.1) is 0 Å². The monoisotopic (exact) mass is 219 g/mol. The molecule has 0 unspecified atom stereocenters. The fourth-order valence-corrected chi connectivity index (χ4v) is 1.49. The van der Waals surface area contributed by atoms with Crippen LogP contribution in [0.1, 0.15) is 17.3 Å². The molecule has 0 bridgehead atoms. The highest BCUT2D eigenvalue weighted by molar-refractivity contribution is 5.94. The smallest absolute Gasteiger partial charge is 0.253 e. The molecule has 1 aromatic rings. The van der Waals surface area contributed by atoms with E-state index in [2.05, 4.69) is 6.92 Å². The quantitative estimate of drug-likeness (QED) is 0.773. The fourth-order valence-electron chi connectivity index (χ4n) is 1.49. The van der Waals surface area contributed by atoms with Crippen LogP contribution in [0.4, 0.5) is 5.69 Å². The molecule has 87 valence electrons. The van der Waals surface area contributed by atoms with Crippen LogP contribution >= 0.6 is 0 Å². The normalized spacial score (nSPS) is 10.0. The fraction of sp³-hybridized carbons (Fsp3) is 0.385. The molecule has 1 rings (SSSR count). The Kier molecular flexibility index (Phi) is 4.35. The van der Waals surface area contributed by atoms with Crippen molar-refractivity contribution in [2.75, 3.05) is 32.1 Å². The largest absolute Gasteiger partial charge is 0.378 e. The van der Waals surface area contributed by atoms with Gasteiger partial charge in [-0.2, -0.15) is 0 Å². The SMILES string of the molecule is [CH2]CN(CC)C(=O)c1ccc(N(C)C)cc1. The molecule has 0 aliphatic carbocycles. The molecule has 1 radical (unpaired) electrons. The van der Waals surface area contributed by atoms with E-state index in [0.717, 1.165) is 11.3 Å². The topological polar surface area (TPSA) is 23.6 Å². The van der Waals surface area contributed by atoms with E-state index >= 15 is 0 Å². The maximum absolute atomic E-state index is 12.0. The Morgan fingerprint density at radius 3 is 2.19 bits per heavy atom. The molecule has 0 aliphatic heterocycles. The Morgan fingerprint density at radius 1 is 1.25 bits per heavy atom. The van der Waals surface area contributed by atoms with Crippen molar-refractivity contribution in [3.8, 4) is 0 Å². The maximum atomic E-state index is 12.0. The van der Waals surface area contributed by atoms with Crippen molar-refractivity contribution in [2.45, 2.75) is 6.92 Å². The van der Waals surface area contributed by atoms with E-state index in [-0.39, 0.29) is 5.91 Å². The lowest BCUT2D eigenvalue weighted by molar-refractivity contribution is 0.0781. The third-order valence-corrected chi connectivity index (χ3v) is 2.57. The Balaban J connectivity index is 2.85. The first kappa shape index (κ1) is 12.6. The zero-order chi connectivity index (χ0) is 12.1. The van der Waals surface area contributed by atoms with Crippen LogP contribution in [0.2, 0.25) is 0 Å². The van der Waals surface area contributed by atoms with Crippen molar-refractivity contribution in [3.63, 3.8) is 0 Å². The lowest BCUT2D eigenvalue weighted by atomic mass is 10.1. The number of hydrogen-bond acceptors (Lipinski definition) is 2. The second-order valence-electron chi connectivity index (χ2n) is 3.83.